The van der Waals surface area contributed by atoms with E-state index in [1.807, 2.05) is 0 Å². The summed E-state index contributed by atoms with van der Waals surface area (Å²) in [6, 6.07) is 4.28. The molecule has 0 spiro atoms. The fourth-order valence-corrected chi connectivity index (χ4v) is 3.29. The number of H-pyrrole nitrogens is 1. The van der Waals surface area contributed by atoms with Gasteiger partial charge in [-0.3, -0.25) is 4.79 Å². The van der Waals surface area contributed by atoms with Crippen LogP contribution >= 0.6 is 0 Å². The van der Waals surface area contributed by atoms with Crippen LogP contribution in [0.25, 0.3) is 11.0 Å². The summed E-state index contributed by atoms with van der Waals surface area (Å²) in [6.45, 7) is 0. The molecular weight excluding hydrogens is 294 g/mol. The Labute approximate surface area is 134 Å². The van der Waals surface area contributed by atoms with Gasteiger partial charge >= 0.3 is 5.97 Å². The number of rotatable bonds is 5. The molecule has 0 unspecified atom stereocenters. The zero-order chi connectivity index (χ0) is 16.2. The van der Waals surface area contributed by atoms with Gasteiger partial charge in [-0.1, -0.05) is 32.1 Å². The molecule has 122 valence electrons. The average Bonchev–Trinajstić information content (AvgIpc) is 3.02. The van der Waals surface area contributed by atoms with Crippen molar-refractivity contribution >= 4 is 22.9 Å². The Bertz CT molecular complexity index is 704. The molecule has 1 saturated carbocycles. The van der Waals surface area contributed by atoms with Gasteiger partial charge in [0, 0.05) is 5.56 Å². The lowest BCUT2D eigenvalue weighted by molar-refractivity contribution is -0.139. The van der Waals surface area contributed by atoms with E-state index >= 15 is 0 Å². The zero-order valence-electron chi connectivity index (χ0n) is 12.9. The topological polar surface area (TPSA) is 95.1 Å². The Morgan fingerprint density at radius 3 is 2.83 bits per heavy atom. The van der Waals surface area contributed by atoms with Crippen molar-refractivity contribution in [1.82, 2.24) is 15.3 Å². The van der Waals surface area contributed by atoms with Gasteiger partial charge in [-0.15, -0.1) is 0 Å². The van der Waals surface area contributed by atoms with Crippen LogP contribution in [0, 0.1) is 5.92 Å². The number of amides is 1. The van der Waals surface area contributed by atoms with Crippen LogP contribution in [0.3, 0.4) is 0 Å². The molecule has 1 heterocycles. The molecule has 23 heavy (non-hydrogen) atoms. The van der Waals surface area contributed by atoms with Crippen molar-refractivity contribution in [3.05, 3.63) is 30.1 Å². The predicted molar refractivity (Wildman–Crippen MR) is 86.2 cm³/mol. The SMILES string of the molecule is O=C(N[C@@H](CC1CCCCC1)C(=O)O)c1ccc2[nH]cnc2c1. The van der Waals surface area contributed by atoms with Crippen LogP contribution in [0.5, 0.6) is 0 Å². The number of carboxylic acid groups (broad SMARTS) is 1. The molecular formula is C17H21N3O3. The highest BCUT2D eigenvalue weighted by atomic mass is 16.4. The lowest BCUT2D eigenvalue weighted by Crippen LogP contribution is -2.42. The minimum absolute atomic E-state index is 0.363. The fourth-order valence-electron chi connectivity index (χ4n) is 3.29. The number of aromatic nitrogens is 2. The fraction of sp³-hybridized carbons (Fsp3) is 0.471. The lowest BCUT2D eigenvalue weighted by atomic mass is 9.85. The largest absolute Gasteiger partial charge is 0.480 e. The van der Waals surface area contributed by atoms with Crippen LogP contribution < -0.4 is 5.32 Å². The summed E-state index contributed by atoms with van der Waals surface area (Å²) in [5.74, 6) is -0.943. The standard InChI is InChI=1S/C17H21N3O3/c21-16(12-6-7-13-14(9-12)19-10-18-13)20-15(17(22)23)8-11-4-2-1-3-5-11/h6-7,9-11,15H,1-5,8H2,(H,18,19)(H,20,21)(H,22,23)/t15-/m0/s1. The van der Waals surface area contributed by atoms with Crippen molar-refractivity contribution in [3.63, 3.8) is 0 Å². The lowest BCUT2D eigenvalue weighted by Gasteiger charge is -2.25. The van der Waals surface area contributed by atoms with Gasteiger partial charge in [0.15, 0.2) is 0 Å². The van der Waals surface area contributed by atoms with Crippen molar-refractivity contribution < 1.29 is 14.7 Å². The van der Waals surface area contributed by atoms with Gasteiger partial charge in [0.05, 0.1) is 17.4 Å². The summed E-state index contributed by atoms with van der Waals surface area (Å²) in [5.41, 5.74) is 1.97. The molecule has 0 aliphatic heterocycles. The first-order chi connectivity index (χ1) is 11.1. The molecule has 3 N–H and O–H groups in total. The van der Waals surface area contributed by atoms with Crippen molar-refractivity contribution in [1.29, 1.82) is 0 Å². The Kier molecular flexibility index (Phi) is 4.60. The summed E-state index contributed by atoms with van der Waals surface area (Å²) in [6.07, 6.45) is 7.71. The van der Waals surface area contributed by atoms with Gasteiger partial charge in [0.1, 0.15) is 6.04 Å². The number of nitrogens with zero attached hydrogens (tertiary/aromatic N) is 1. The molecule has 1 aliphatic carbocycles. The van der Waals surface area contributed by atoms with Crippen LogP contribution in [-0.2, 0) is 4.79 Å². The summed E-state index contributed by atoms with van der Waals surface area (Å²) < 4.78 is 0. The summed E-state index contributed by atoms with van der Waals surface area (Å²) in [4.78, 5) is 30.9. The van der Waals surface area contributed by atoms with Crippen molar-refractivity contribution in [2.75, 3.05) is 0 Å². The molecule has 1 amide bonds. The van der Waals surface area contributed by atoms with Gasteiger partial charge < -0.3 is 15.4 Å². The number of fused-ring (bicyclic) bond motifs is 1. The maximum absolute atomic E-state index is 12.4. The van der Waals surface area contributed by atoms with Crippen LogP contribution in [0.2, 0.25) is 0 Å². The van der Waals surface area contributed by atoms with E-state index in [0.717, 1.165) is 31.2 Å². The first-order valence-electron chi connectivity index (χ1n) is 8.10. The van der Waals surface area contributed by atoms with E-state index < -0.39 is 12.0 Å². The first-order valence-corrected chi connectivity index (χ1v) is 8.10. The normalized spacial score (nSPS) is 17.0. The monoisotopic (exact) mass is 315 g/mol. The molecule has 0 radical (unpaired) electrons. The highest BCUT2D eigenvalue weighted by Gasteiger charge is 2.25. The number of hydrogen-bond donors (Lipinski definition) is 3. The summed E-state index contributed by atoms with van der Waals surface area (Å²) in [7, 11) is 0. The van der Waals surface area contributed by atoms with Gasteiger partial charge in [-0.2, -0.15) is 0 Å². The second-order valence-corrected chi connectivity index (χ2v) is 6.24. The van der Waals surface area contributed by atoms with Crippen molar-refractivity contribution in [3.8, 4) is 0 Å². The van der Waals surface area contributed by atoms with Crippen LogP contribution in [0.1, 0.15) is 48.9 Å². The van der Waals surface area contributed by atoms with E-state index in [4.69, 9.17) is 0 Å². The van der Waals surface area contributed by atoms with E-state index in [1.165, 1.54) is 6.42 Å². The average molecular weight is 315 g/mol. The van der Waals surface area contributed by atoms with E-state index in [9.17, 15) is 14.7 Å². The smallest absolute Gasteiger partial charge is 0.326 e. The maximum Gasteiger partial charge on any atom is 0.326 e. The Hall–Kier alpha value is -2.37. The maximum atomic E-state index is 12.4. The highest BCUT2D eigenvalue weighted by Crippen LogP contribution is 2.27. The number of nitrogens with one attached hydrogen (secondary N) is 2. The molecule has 1 aromatic heterocycles. The van der Waals surface area contributed by atoms with Crippen LogP contribution in [0.15, 0.2) is 24.5 Å². The Morgan fingerprint density at radius 2 is 2.09 bits per heavy atom. The summed E-state index contributed by atoms with van der Waals surface area (Å²) >= 11 is 0. The number of imidazole rings is 1. The van der Waals surface area contributed by atoms with Crippen molar-refractivity contribution in [2.24, 2.45) is 5.92 Å². The molecule has 1 fully saturated rings. The third-order valence-corrected chi connectivity index (χ3v) is 4.58. The minimum Gasteiger partial charge on any atom is -0.480 e. The Morgan fingerprint density at radius 1 is 1.30 bits per heavy atom. The molecule has 0 bridgehead atoms. The van der Waals surface area contributed by atoms with Crippen LogP contribution in [0.4, 0.5) is 0 Å². The third-order valence-electron chi connectivity index (χ3n) is 4.58. The van der Waals surface area contributed by atoms with Crippen molar-refractivity contribution in [2.45, 2.75) is 44.6 Å². The number of hydrogen-bond acceptors (Lipinski definition) is 3. The second-order valence-electron chi connectivity index (χ2n) is 6.24. The molecule has 6 heteroatoms. The molecule has 1 atom stereocenters. The molecule has 2 aromatic rings. The van der Waals surface area contributed by atoms with Gasteiger partial charge in [-0.25, -0.2) is 9.78 Å². The van der Waals surface area contributed by atoms with Crippen LogP contribution in [-0.4, -0.2) is 33.0 Å². The number of carbonyl (C=O) groups is 2. The number of carbonyl (C=O) groups excluding carboxylic acids is 1. The van der Waals surface area contributed by atoms with Gasteiger partial charge in [0.2, 0.25) is 0 Å². The molecule has 1 aromatic carbocycles. The number of benzene rings is 1. The highest BCUT2D eigenvalue weighted by molar-refractivity contribution is 5.99. The number of aromatic amines is 1. The number of carboxylic acids is 1. The quantitative estimate of drug-likeness (QED) is 0.790. The second kappa shape index (κ2) is 6.81. The van der Waals surface area contributed by atoms with Gasteiger partial charge in [-0.05, 0) is 30.5 Å². The predicted octanol–water partition coefficient (Wildman–Crippen LogP) is 2.72. The van der Waals surface area contributed by atoms with E-state index in [1.54, 1.807) is 24.5 Å². The molecule has 6 nitrogen and oxygen atoms in total. The molecule has 0 saturated heterocycles. The number of aliphatic carboxylic acids is 1. The third kappa shape index (κ3) is 3.70. The van der Waals surface area contributed by atoms with E-state index in [2.05, 4.69) is 15.3 Å². The first kappa shape index (κ1) is 15.5. The molecule has 3 rings (SSSR count). The summed E-state index contributed by atoms with van der Waals surface area (Å²) in [5, 5.41) is 12.1. The van der Waals surface area contributed by atoms with E-state index in [-0.39, 0.29) is 5.91 Å². The van der Waals surface area contributed by atoms with E-state index in [0.29, 0.717) is 23.4 Å². The Balaban J connectivity index is 1.68. The molecule has 1 aliphatic rings. The zero-order valence-corrected chi connectivity index (χ0v) is 12.9. The van der Waals surface area contributed by atoms with Gasteiger partial charge in [0.25, 0.3) is 5.91 Å². The minimum atomic E-state index is -0.968.